The molecule has 128 valence electrons. The van der Waals surface area contributed by atoms with Gasteiger partial charge in [-0.25, -0.2) is 4.79 Å². The summed E-state index contributed by atoms with van der Waals surface area (Å²) in [7, 11) is 0. The molecule has 0 aliphatic rings. The van der Waals surface area contributed by atoms with Gasteiger partial charge in [0.2, 0.25) is 0 Å². The minimum Gasteiger partial charge on any atom is -0.478 e. The maximum atomic E-state index is 10.9. The van der Waals surface area contributed by atoms with Crippen LogP contribution in [0.3, 0.4) is 0 Å². The second-order valence-corrected chi connectivity index (χ2v) is 6.76. The summed E-state index contributed by atoms with van der Waals surface area (Å²) >= 11 is 0. The molecule has 0 radical (unpaired) electrons. The summed E-state index contributed by atoms with van der Waals surface area (Å²) in [5.41, 5.74) is 4.15. The SMILES string of the molecule is C/C(=C\C(=O)O)c1ccc2c(ccn2C(c2ccccc2)C(C)C)c1. The van der Waals surface area contributed by atoms with Gasteiger partial charge in [0.1, 0.15) is 0 Å². The number of allylic oxidation sites excluding steroid dienone is 1. The van der Waals surface area contributed by atoms with Crippen LogP contribution in [0.25, 0.3) is 16.5 Å². The van der Waals surface area contributed by atoms with Gasteiger partial charge in [-0.2, -0.15) is 0 Å². The Morgan fingerprint density at radius 3 is 2.44 bits per heavy atom. The van der Waals surface area contributed by atoms with Crippen LogP contribution >= 0.6 is 0 Å². The van der Waals surface area contributed by atoms with Crippen molar-refractivity contribution in [3.63, 3.8) is 0 Å². The van der Waals surface area contributed by atoms with E-state index in [1.807, 2.05) is 19.1 Å². The van der Waals surface area contributed by atoms with Crippen molar-refractivity contribution in [3.8, 4) is 0 Å². The van der Waals surface area contributed by atoms with Crippen LogP contribution in [0.5, 0.6) is 0 Å². The normalized spacial score (nSPS) is 13.4. The highest BCUT2D eigenvalue weighted by Gasteiger charge is 2.19. The fraction of sp³-hybridized carbons (Fsp3) is 0.227. The van der Waals surface area contributed by atoms with Gasteiger partial charge in [-0.1, -0.05) is 50.2 Å². The summed E-state index contributed by atoms with van der Waals surface area (Å²) in [6.45, 7) is 6.29. The second kappa shape index (κ2) is 6.98. The molecule has 0 saturated carbocycles. The van der Waals surface area contributed by atoms with Crippen LogP contribution in [0.4, 0.5) is 0 Å². The van der Waals surface area contributed by atoms with E-state index in [4.69, 9.17) is 5.11 Å². The largest absolute Gasteiger partial charge is 0.478 e. The molecular weight excluding hydrogens is 310 g/mol. The zero-order valence-electron chi connectivity index (χ0n) is 14.8. The van der Waals surface area contributed by atoms with Gasteiger partial charge in [0.15, 0.2) is 0 Å². The number of aromatic nitrogens is 1. The van der Waals surface area contributed by atoms with Gasteiger partial charge < -0.3 is 9.67 Å². The van der Waals surface area contributed by atoms with Crippen LogP contribution in [0.2, 0.25) is 0 Å². The predicted octanol–water partition coefficient (Wildman–Crippen LogP) is 5.37. The maximum Gasteiger partial charge on any atom is 0.328 e. The summed E-state index contributed by atoms with van der Waals surface area (Å²) in [4.78, 5) is 10.9. The first-order valence-electron chi connectivity index (χ1n) is 8.54. The van der Waals surface area contributed by atoms with Crippen molar-refractivity contribution < 1.29 is 9.90 Å². The standard InChI is InChI=1S/C22H23NO2/c1-15(2)22(17-7-5-4-6-8-17)23-12-11-19-14-18(9-10-20(19)23)16(3)13-21(24)25/h4-15,22H,1-3H3,(H,24,25)/b16-13+. The Morgan fingerprint density at radius 2 is 1.80 bits per heavy atom. The van der Waals surface area contributed by atoms with Gasteiger partial charge in [0.05, 0.1) is 6.04 Å². The quantitative estimate of drug-likeness (QED) is 0.637. The Labute approximate surface area is 148 Å². The average molecular weight is 333 g/mol. The van der Waals surface area contributed by atoms with Gasteiger partial charge in [-0.3, -0.25) is 0 Å². The third-order valence-corrected chi connectivity index (χ3v) is 4.59. The molecule has 0 spiro atoms. The highest BCUT2D eigenvalue weighted by Crippen LogP contribution is 2.31. The zero-order valence-corrected chi connectivity index (χ0v) is 14.8. The van der Waals surface area contributed by atoms with E-state index in [0.29, 0.717) is 5.92 Å². The van der Waals surface area contributed by atoms with Gasteiger partial charge in [-0.05, 0) is 47.7 Å². The first-order valence-corrected chi connectivity index (χ1v) is 8.54. The van der Waals surface area contributed by atoms with E-state index >= 15 is 0 Å². The molecule has 1 unspecified atom stereocenters. The molecule has 0 bridgehead atoms. The first-order chi connectivity index (χ1) is 12.0. The highest BCUT2D eigenvalue weighted by molar-refractivity contribution is 5.92. The summed E-state index contributed by atoms with van der Waals surface area (Å²) in [6.07, 6.45) is 3.38. The topological polar surface area (TPSA) is 42.2 Å². The van der Waals surface area contributed by atoms with E-state index in [1.165, 1.54) is 11.6 Å². The lowest BCUT2D eigenvalue weighted by atomic mass is 9.95. The lowest BCUT2D eigenvalue weighted by Crippen LogP contribution is -2.15. The van der Waals surface area contributed by atoms with E-state index < -0.39 is 5.97 Å². The number of benzene rings is 2. The van der Waals surface area contributed by atoms with Crippen molar-refractivity contribution in [3.05, 3.63) is 78.0 Å². The van der Waals surface area contributed by atoms with Crippen molar-refractivity contribution in [2.75, 3.05) is 0 Å². The number of carbonyl (C=O) groups is 1. The molecule has 3 rings (SSSR count). The molecule has 0 aliphatic carbocycles. The first kappa shape index (κ1) is 17.0. The Bertz CT molecular complexity index is 920. The Kier molecular flexibility index (Phi) is 4.75. The van der Waals surface area contributed by atoms with Crippen LogP contribution in [0, 0.1) is 5.92 Å². The van der Waals surface area contributed by atoms with Gasteiger partial charge in [-0.15, -0.1) is 0 Å². The number of fused-ring (bicyclic) bond motifs is 1. The van der Waals surface area contributed by atoms with Crippen LogP contribution in [-0.4, -0.2) is 15.6 Å². The Balaban J connectivity index is 2.07. The monoisotopic (exact) mass is 333 g/mol. The Morgan fingerprint density at radius 1 is 1.08 bits per heavy atom. The lowest BCUT2D eigenvalue weighted by molar-refractivity contribution is -0.131. The van der Waals surface area contributed by atoms with Crippen molar-refractivity contribution in [2.45, 2.75) is 26.8 Å². The molecule has 1 N–H and O–H groups in total. The van der Waals surface area contributed by atoms with E-state index in [-0.39, 0.29) is 6.04 Å². The molecule has 3 aromatic rings. The van der Waals surface area contributed by atoms with Crippen LogP contribution in [0.1, 0.15) is 37.9 Å². The molecule has 3 heteroatoms. The minimum atomic E-state index is -0.917. The second-order valence-electron chi connectivity index (χ2n) is 6.76. The molecule has 0 fully saturated rings. The molecule has 3 nitrogen and oxygen atoms in total. The summed E-state index contributed by atoms with van der Waals surface area (Å²) in [6, 6.07) is 19.0. The van der Waals surface area contributed by atoms with E-state index in [1.54, 1.807) is 0 Å². The van der Waals surface area contributed by atoms with E-state index in [0.717, 1.165) is 22.0 Å². The van der Waals surface area contributed by atoms with Crippen LogP contribution in [-0.2, 0) is 4.79 Å². The van der Waals surface area contributed by atoms with Crippen LogP contribution in [0.15, 0.2) is 66.9 Å². The number of carboxylic acids is 1. The average Bonchev–Trinajstić information content (AvgIpc) is 2.98. The highest BCUT2D eigenvalue weighted by atomic mass is 16.4. The number of hydrogen-bond acceptors (Lipinski definition) is 1. The molecule has 1 heterocycles. The summed E-state index contributed by atoms with van der Waals surface area (Å²) in [5.74, 6) is -0.467. The number of aliphatic carboxylic acids is 1. The third-order valence-electron chi connectivity index (χ3n) is 4.59. The van der Waals surface area contributed by atoms with Crippen molar-refractivity contribution in [2.24, 2.45) is 5.92 Å². The van der Waals surface area contributed by atoms with Crippen molar-refractivity contribution in [1.29, 1.82) is 0 Å². The van der Waals surface area contributed by atoms with Crippen molar-refractivity contribution in [1.82, 2.24) is 4.57 Å². The fourth-order valence-corrected chi connectivity index (χ4v) is 3.44. The minimum absolute atomic E-state index is 0.264. The fourth-order valence-electron chi connectivity index (χ4n) is 3.44. The van der Waals surface area contributed by atoms with Crippen molar-refractivity contribution >= 4 is 22.4 Å². The Hall–Kier alpha value is -2.81. The molecule has 0 saturated heterocycles. The van der Waals surface area contributed by atoms with E-state index in [9.17, 15) is 4.79 Å². The number of carboxylic acid groups (broad SMARTS) is 1. The molecular formula is C22H23NO2. The van der Waals surface area contributed by atoms with Crippen LogP contribution < -0.4 is 0 Å². The molecule has 1 aromatic heterocycles. The molecule has 25 heavy (non-hydrogen) atoms. The summed E-state index contributed by atoms with van der Waals surface area (Å²) < 4.78 is 2.31. The third kappa shape index (κ3) is 3.50. The number of rotatable bonds is 5. The smallest absolute Gasteiger partial charge is 0.328 e. The predicted molar refractivity (Wildman–Crippen MR) is 103 cm³/mol. The number of nitrogens with zero attached hydrogens (tertiary/aromatic N) is 1. The molecule has 0 amide bonds. The maximum absolute atomic E-state index is 10.9. The number of hydrogen-bond donors (Lipinski definition) is 1. The molecule has 0 aliphatic heterocycles. The van der Waals surface area contributed by atoms with Gasteiger partial charge in [0.25, 0.3) is 0 Å². The van der Waals surface area contributed by atoms with Gasteiger partial charge >= 0.3 is 5.97 Å². The van der Waals surface area contributed by atoms with E-state index in [2.05, 4.69) is 67.1 Å². The zero-order chi connectivity index (χ0) is 18.0. The summed E-state index contributed by atoms with van der Waals surface area (Å²) in [5, 5.41) is 10.1. The molecule has 2 aromatic carbocycles. The van der Waals surface area contributed by atoms with Gasteiger partial charge in [0, 0.05) is 23.2 Å². The lowest BCUT2D eigenvalue weighted by Gasteiger charge is -2.24. The molecule has 1 atom stereocenters.